The Kier molecular flexibility index (Phi) is 5.05. The van der Waals surface area contributed by atoms with E-state index in [1.54, 1.807) is 11.3 Å². The van der Waals surface area contributed by atoms with E-state index in [1.807, 2.05) is 17.4 Å². The second-order valence-electron chi connectivity index (χ2n) is 5.97. The molecule has 0 radical (unpaired) electrons. The van der Waals surface area contributed by atoms with E-state index in [0.29, 0.717) is 12.1 Å². The Morgan fingerprint density at radius 2 is 2.14 bits per heavy atom. The van der Waals surface area contributed by atoms with Crippen molar-refractivity contribution in [2.24, 2.45) is 11.8 Å². The van der Waals surface area contributed by atoms with Crippen molar-refractivity contribution in [1.82, 2.24) is 5.32 Å². The molecule has 2 aromatic rings. The van der Waals surface area contributed by atoms with Crippen molar-refractivity contribution in [3.8, 4) is 0 Å². The molecule has 0 bridgehead atoms. The van der Waals surface area contributed by atoms with Crippen LogP contribution < -0.4 is 5.32 Å². The van der Waals surface area contributed by atoms with Crippen LogP contribution >= 0.6 is 34.3 Å². The fourth-order valence-electron chi connectivity index (χ4n) is 3.52. The summed E-state index contributed by atoms with van der Waals surface area (Å²) in [5.74, 6) is 1.63. The summed E-state index contributed by atoms with van der Waals surface area (Å²) in [6.07, 6.45) is 3.95. The van der Waals surface area contributed by atoms with Gasteiger partial charge in [0.05, 0.1) is 10.4 Å². The van der Waals surface area contributed by atoms with E-state index in [9.17, 15) is 0 Å². The quantitative estimate of drug-likeness (QED) is 0.707. The van der Waals surface area contributed by atoms with Gasteiger partial charge in [-0.15, -0.1) is 22.7 Å². The lowest BCUT2D eigenvalue weighted by Gasteiger charge is -2.26. The number of halogens is 1. The molecule has 0 amide bonds. The molecule has 1 N–H and O–H groups in total. The molecule has 1 aliphatic rings. The van der Waals surface area contributed by atoms with Gasteiger partial charge in [0.2, 0.25) is 0 Å². The topological polar surface area (TPSA) is 12.0 Å². The first-order chi connectivity index (χ1) is 10.2. The molecule has 114 valence electrons. The number of thiophene rings is 2. The molecule has 0 spiro atoms. The summed E-state index contributed by atoms with van der Waals surface area (Å²) in [5, 5.41) is 6.08. The highest BCUT2D eigenvalue weighted by atomic mass is 35.5. The second-order valence-corrected chi connectivity index (χ2v) is 8.69. The first-order valence-corrected chi connectivity index (χ1v) is 9.81. The van der Waals surface area contributed by atoms with Gasteiger partial charge >= 0.3 is 0 Å². The summed E-state index contributed by atoms with van der Waals surface area (Å²) in [5.41, 5.74) is 0. The lowest BCUT2D eigenvalue weighted by Crippen LogP contribution is -2.35. The molecule has 0 saturated heterocycles. The third-order valence-corrected chi connectivity index (χ3v) is 7.07. The molecule has 0 aromatic carbocycles. The minimum absolute atomic E-state index is 0.297. The van der Waals surface area contributed by atoms with E-state index in [0.717, 1.165) is 16.2 Å². The molecule has 0 aliphatic heterocycles. The summed E-state index contributed by atoms with van der Waals surface area (Å²) in [6.45, 7) is 4.73. The maximum atomic E-state index is 6.15. The van der Waals surface area contributed by atoms with Crippen LogP contribution in [0.25, 0.3) is 0 Å². The molecule has 21 heavy (non-hydrogen) atoms. The zero-order valence-corrected chi connectivity index (χ0v) is 14.9. The SMILES string of the molecule is CCC1CCC(NC(c2cccs2)c2ccc(Cl)s2)C1C. The highest BCUT2D eigenvalue weighted by Gasteiger charge is 2.33. The van der Waals surface area contributed by atoms with Crippen molar-refractivity contribution >= 4 is 34.3 Å². The van der Waals surface area contributed by atoms with Crippen LogP contribution in [0.5, 0.6) is 0 Å². The second kappa shape index (κ2) is 6.82. The van der Waals surface area contributed by atoms with E-state index in [2.05, 4.69) is 42.7 Å². The standard InChI is InChI=1S/C17H22ClNS2/c1-3-12-6-7-13(11(12)2)19-17(14-5-4-10-20-14)15-8-9-16(18)21-15/h4-5,8-13,17,19H,3,6-7H2,1-2H3. The molecule has 1 nitrogen and oxygen atoms in total. The van der Waals surface area contributed by atoms with Crippen LogP contribution in [0, 0.1) is 11.8 Å². The number of nitrogens with one attached hydrogen (secondary N) is 1. The molecular formula is C17H22ClNS2. The van der Waals surface area contributed by atoms with Crippen LogP contribution in [0.15, 0.2) is 29.6 Å². The Balaban J connectivity index is 1.81. The zero-order valence-electron chi connectivity index (χ0n) is 12.5. The van der Waals surface area contributed by atoms with E-state index in [1.165, 1.54) is 29.0 Å². The predicted octanol–water partition coefficient (Wildman–Crippen LogP) is 5.97. The molecular weight excluding hydrogens is 318 g/mol. The summed E-state index contributed by atoms with van der Waals surface area (Å²) >= 11 is 9.67. The van der Waals surface area contributed by atoms with Crippen molar-refractivity contribution in [3.63, 3.8) is 0 Å². The third-order valence-electron chi connectivity index (χ3n) is 4.84. The summed E-state index contributed by atoms with van der Waals surface area (Å²) in [7, 11) is 0. The van der Waals surface area contributed by atoms with Crippen molar-refractivity contribution in [3.05, 3.63) is 43.7 Å². The van der Waals surface area contributed by atoms with Gasteiger partial charge in [0.15, 0.2) is 0 Å². The Bertz CT molecular complexity index is 563. The van der Waals surface area contributed by atoms with Gasteiger partial charge in [-0.2, -0.15) is 0 Å². The molecule has 2 aromatic heterocycles. The average molecular weight is 340 g/mol. The Morgan fingerprint density at radius 3 is 2.71 bits per heavy atom. The Morgan fingerprint density at radius 1 is 1.29 bits per heavy atom. The van der Waals surface area contributed by atoms with Gasteiger partial charge in [0.1, 0.15) is 0 Å². The summed E-state index contributed by atoms with van der Waals surface area (Å²) < 4.78 is 0.874. The maximum Gasteiger partial charge on any atom is 0.0931 e. The molecule has 4 unspecified atom stereocenters. The molecule has 4 heteroatoms. The van der Waals surface area contributed by atoms with Crippen molar-refractivity contribution in [2.45, 2.75) is 45.2 Å². The van der Waals surface area contributed by atoms with E-state index in [4.69, 9.17) is 11.6 Å². The predicted molar refractivity (Wildman–Crippen MR) is 94.6 cm³/mol. The van der Waals surface area contributed by atoms with Crippen LogP contribution in [-0.4, -0.2) is 6.04 Å². The molecule has 1 fully saturated rings. The first kappa shape index (κ1) is 15.5. The smallest absolute Gasteiger partial charge is 0.0931 e. The van der Waals surface area contributed by atoms with E-state index < -0.39 is 0 Å². The van der Waals surface area contributed by atoms with Gasteiger partial charge in [-0.3, -0.25) is 0 Å². The van der Waals surface area contributed by atoms with Crippen molar-refractivity contribution < 1.29 is 0 Å². The third kappa shape index (κ3) is 3.37. The lowest BCUT2D eigenvalue weighted by molar-refractivity contribution is 0.334. The van der Waals surface area contributed by atoms with Crippen LogP contribution in [0.3, 0.4) is 0 Å². The highest BCUT2D eigenvalue weighted by molar-refractivity contribution is 7.16. The fraction of sp³-hybridized carbons (Fsp3) is 0.529. The highest BCUT2D eigenvalue weighted by Crippen LogP contribution is 2.38. The maximum absolute atomic E-state index is 6.15. The van der Waals surface area contributed by atoms with Crippen molar-refractivity contribution in [1.29, 1.82) is 0 Å². The Hall–Kier alpha value is -0.350. The monoisotopic (exact) mass is 339 g/mol. The molecule has 4 atom stereocenters. The van der Waals surface area contributed by atoms with Crippen LogP contribution in [0.4, 0.5) is 0 Å². The summed E-state index contributed by atoms with van der Waals surface area (Å²) in [4.78, 5) is 2.72. The summed E-state index contributed by atoms with van der Waals surface area (Å²) in [6, 6.07) is 9.45. The normalized spacial score (nSPS) is 27.1. The minimum atomic E-state index is 0.297. The van der Waals surface area contributed by atoms with E-state index >= 15 is 0 Å². The molecule has 2 heterocycles. The van der Waals surface area contributed by atoms with Crippen LogP contribution in [0.1, 0.15) is 48.9 Å². The Labute approximate surface area is 140 Å². The molecule has 1 saturated carbocycles. The van der Waals surface area contributed by atoms with Gasteiger partial charge < -0.3 is 5.32 Å². The van der Waals surface area contributed by atoms with Gasteiger partial charge in [0, 0.05) is 15.8 Å². The zero-order chi connectivity index (χ0) is 14.8. The average Bonchev–Trinajstić information content (AvgIpc) is 3.19. The lowest BCUT2D eigenvalue weighted by atomic mass is 9.93. The number of hydrogen-bond acceptors (Lipinski definition) is 3. The van der Waals surface area contributed by atoms with E-state index in [-0.39, 0.29) is 0 Å². The van der Waals surface area contributed by atoms with Gasteiger partial charge in [-0.1, -0.05) is 37.9 Å². The van der Waals surface area contributed by atoms with Gasteiger partial charge in [0.25, 0.3) is 0 Å². The van der Waals surface area contributed by atoms with Crippen molar-refractivity contribution in [2.75, 3.05) is 0 Å². The molecule has 1 aliphatic carbocycles. The first-order valence-electron chi connectivity index (χ1n) is 7.73. The van der Waals surface area contributed by atoms with Crippen LogP contribution in [-0.2, 0) is 0 Å². The van der Waals surface area contributed by atoms with Gasteiger partial charge in [-0.25, -0.2) is 0 Å². The number of rotatable bonds is 5. The molecule has 3 rings (SSSR count). The van der Waals surface area contributed by atoms with Gasteiger partial charge in [-0.05, 0) is 48.3 Å². The minimum Gasteiger partial charge on any atom is -0.302 e. The van der Waals surface area contributed by atoms with Crippen LogP contribution in [0.2, 0.25) is 4.34 Å². The fourth-order valence-corrected chi connectivity index (χ4v) is 5.53. The number of hydrogen-bond donors (Lipinski definition) is 1. The largest absolute Gasteiger partial charge is 0.302 e.